The highest BCUT2D eigenvalue weighted by Gasteiger charge is 2.38. The molecule has 10 rings (SSSR count). The second-order valence-electron chi connectivity index (χ2n) is 13.7. The molecule has 0 aliphatic heterocycles. The van der Waals surface area contributed by atoms with Crippen LogP contribution < -0.4 is 4.90 Å². The lowest BCUT2D eigenvalue weighted by Gasteiger charge is -2.30. The number of hydrogen-bond acceptors (Lipinski definition) is 2. The van der Waals surface area contributed by atoms with Crippen LogP contribution in [0.1, 0.15) is 25.0 Å². The molecule has 0 spiro atoms. The molecule has 2 heteroatoms. The quantitative estimate of drug-likeness (QED) is 0.193. The molecule has 1 aliphatic rings. The molecule has 232 valence electrons. The molecule has 0 amide bonds. The standard InChI is InChI=1S/C47H33NO/c1-47(2)40-21-9-7-19-38(40)44-41(47)22-12-23-42(44)48(33-27-25-31(26-28-33)35-20-11-15-30-13-3-5-16-34(30)35)45-36-17-6-4-14-32(36)29-39-37-18-8-10-24-43(37)49-46(39)45/h3-29H,1-2H3. The summed E-state index contributed by atoms with van der Waals surface area (Å²) in [6.07, 6.45) is 0. The number of furan rings is 1. The highest BCUT2D eigenvalue weighted by atomic mass is 16.3. The topological polar surface area (TPSA) is 16.4 Å². The van der Waals surface area contributed by atoms with E-state index in [4.69, 9.17) is 4.42 Å². The maximum absolute atomic E-state index is 6.85. The van der Waals surface area contributed by atoms with Crippen LogP contribution >= 0.6 is 0 Å². The summed E-state index contributed by atoms with van der Waals surface area (Å²) in [5.74, 6) is 0. The van der Waals surface area contributed by atoms with E-state index in [2.05, 4.69) is 183 Å². The van der Waals surface area contributed by atoms with Gasteiger partial charge in [-0.15, -0.1) is 0 Å². The first kappa shape index (κ1) is 27.9. The lowest BCUT2D eigenvalue weighted by atomic mass is 9.82. The molecule has 0 unspecified atom stereocenters. The van der Waals surface area contributed by atoms with Crippen LogP contribution in [0.3, 0.4) is 0 Å². The van der Waals surface area contributed by atoms with Gasteiger partial charge in [0.15, 0.2) is 5.58 Å². The first-order chi connectivity index (χ1) is 24.1. The Bertz CT molecular complexity index is 2740. The summed E-state index contributed by atoms with van der Waals surface area (Å²) in [5.41, 5.74) is 12.6. The summed E-state index contributed by atoms with van der Waals surface area (Å²) < 4.78 is 6.85. The minimum absolute atomic E-state index is 0.126. The number of fused-ring (bicyclic) bond motifs is 8. The van der Waals surface area contributed by atoms with Gasteiger partial charge >= 0.3 is 0 Å². The predicted octanol–water partition coefficient (Wildman–Crippen LogP) is 13.3. The molecule has 0 atom stereocenters. The Morgan fingerprint density at radius 3 is 1.98 bits per heavy atom. The van der Waals surface area contributed by atoms with E-state index < -0.39 is 0 Å². The van der Waals surface area contributed by atoms with Crippen molar-refractivity contribution in [3.05, 3.63) is 175 Å². The Kier molecular flexibility index (Phi) is 5.95. The van der Waals surface area contributed by atoms with Crippen LogP contribution in [0, 0.1) is 0 Å². The van der Waals surface area contributed by atoms with E-state index in [1.807, 2.05) is 0 Å². The normalized spacial score (nSPS) is 13.3. The molecule has 0 fully saturated rings. The third kappa shape index (κ3) is 4.07. The van der Waals surface area contributed by atoms with Crippen molar-refractivity contribution < 1.29 is 4.42 Å². The van der Waals surface area contributed by atoms with Crippen LogP contribution in [0.4, 0.5) is 17.1 Å². The van der Waals surface area contributed by atoms with E-state index in [-0.39, 0.29) is 5.41 Å². The molecule has 9 aromatic rings. The first-order valence-electron chi connectivity index (χ1n) is 17.0. The first-order valence-corrected chi connectivity index (χ1v) is 17.0. The number of anilines is 3. The van der Waals surface area contributed by atoms with Crippen LogP contribution in [-0.4, -0.2) is 0 Å². The number of rotatable bonds is 4. The fourth-order valence-corrected chi connectivity index (χ4v) is 8.30. The van der Waals surface area contributed by atoms with E-state index in [0.717, 1.165) is 44.4 Å². The molecule has 2 nitrogen and oxygen atoms in total. The Balaban J connectivity index is 1.29. The third-order valence-corrected chi connectivity index (χ3v) is 10.6. The molecular formula is C47H33NO. The molecule has 1 aliphatic carbocycles. The van der Waals surface area contributed by atoms with Crippen molar-refractivity contribution in [2.45, 2.75) is 19.3 Å². The second kappa shape index (κ2) is 10.4. The van der Waals surface area contributed by atoms with Crippen LogP contribution in [0.2, 0.25) is 0 Å². The Hall–Kier alpha value is -6.12. The van der Waals surface area contributed by atoms with Gasteiger partial charge < -0.3 is 9.32 Å². The largest absolute Gasteiger partial charge is 0.454 e. The predicted molar refractivity (Wildman–Crippen MR) is 206 cm³/mol. The van der Waals surface area contributed by atoms with Gasteiger partial charge in [0.2, 0.25) is 0 Å². The molecule has 0 saturated carbocycles. The van der Waals surface area contributed by atoms with Crippen molar-refractivity contribution in [1.29, 1.82) is 0 Å². The number of benzene rings is 8. The highest BCUT2D eigenvalue weighted by molar-refractivity contribution is 6.20. The molecule has 0 saturated heterocycles. The molecular weight excluding hydrogens is 595 g/mol. The molecule has 8 aromatic carbocycles. The summed E-state index contributed by atoms with van der Waals surface area (Å²) in [6.45, 7) is 4.69. The molecule has 0 radical (unpaired) electrons. The van der Waals surface area contributed by atoms with E-state index in [1.165, 1.54) is 49.5 Å². The highest BCUT2D eigenvalue weighted by Crippen LogP contribution is 2.56. The maximum Gasteiger partial charge on any atom is 0.160 e. The van der Waals surface area contributed by atoms with Crippen molar-refractivity contribution in [2.75, 3.05) is 4.90 Å². The van der Waals surface area contributed by atoms with Crippen molar-refractivity contribution in [3.63, 3.8) is 0 Å². The van der Waals surface area contributed by atoms with Gasteiger partial charge in [0.25, 0.3) is 0 Å². The molecule has 1 aromatic heterocycles. The summed E-state index contributed by atoms with van der Waals surface area (Å²) >= 11 is 0. The van der Waals surface area contributed by atoms with Gasteiger partial charge in [-0.2, -0.15) is 0 Å². The van der Waals surface area contributed by atoms with E-state index >= 15 is 0 Å². The lowest BCUT2D eigenvalue weighted by Crippen LogP contribution is -2.16. The summed E-state index contributed by atoms with van der Waals surface area (Å²) in [7, 11) is 0. The summed E-state index contributed by atoms with van der Waals surface area (Å²) in [4.78, 5) is 2.46. The van der Waals surface area contributed by atoms with Gasteiger partial charge in [0.1, 0.15) is 5.58 Å². The zero-order valence-corrected chi connectivity index (χ0v) is 27.4. The van der Waals surface area contributed by atoms with Gasteiger partial charge in [-0.25, -0.2) is 0 Å². The van der Waals surface area contributed by atoms with Gasteiger partial charge in [0, 0.05) is 32.8 Å². The van der Waals surface area contributed by atoms with Gasteiger partial charge in [-0.3, -0.25) is 0 Å². The van der Waals surface area contributed by atoms with Crippen molar-refractivity contribution in [2.24, 2.45) is 0 Å². The average molecular weight is 628 g/mol. The fourth-order valence-electron chi connectivity index (χ4n) is 8.30. The van der Waals surface area contributed by atoms with Gasteiger partial charge in [-0.1, -0.05) is 147 Å². The average Bonchev–Trinajstić information content (AvgIpc) is 3.63. The van der Waals surface area contributed by atoms with Crippen LogP contribution in [0.5, 0.6) is 0 Å². The van der Waals surface area contributed by atoms with Crippen LogP contribution in [0.15, 0.2) is 168 Å². The monoisotopic (exact) mass is 627 g/mol. The molecule has 0 N–H and O–H groups in total. The number of nitrogens with zero attached hydrogens (tertiary/aromatic N) is 1. The van der Waals surface area contributed by atoms with Crippen molar-refractivity contribution in [1.82, 2.24) is 0 Å². The minimum Gasteiger partial charge on any atom is -0.454 e. The van der Waals surface area contributed by atoms with Gasteiger partial charge in [0.05, 0.1) is 11.4 Å². The smallest absolute Gasteiger partial charge is 0.160 e. The van der Waals surface area contributed by atoms with Crippen LogP contribution in [0.25, 0.3) is 65.7 Å². The zero-order valence-electron chi connectivity index (χ0n) is 27.4. The fraction of sp³-hybridized carbons (Fsp3) is 0.0638. The Morgan fingerprint density at radius 2 is 1.12 bits per heavy atom. The molecule has 49 heavy (non-hydrogen) atoms. The SMILES string of the molecule is CC1(C)c2ccccc2-c2c(N(c3ccc(-c4cccc5ccccc45)cc3)c3c4ccccc4cc4c3oc3ccccc34)cccc21. The molecule has 1 heterocycles. The van der Waals surface area contributed by atoms with Crippen molar-refractivity contribution >= 4 is 60.5 Å². The maximum atomic E-state index is 6.85. The lowest BCUT2D eigenvalue weighted by molar-refractivity contribution is 0.660. The summed E-state index contributed by atoms with van der Waals surface area (Å²) in [5, 5.41) is 7.08. The minimum atomic E-state index is -0.126. The van der Waals surface area contributed by atoms with Crippen LogP contribution in [-0.2, 0) is 5.41 Å². The third-order valence-electron chi connectivity index (χ3n) is 10.6. The van der Waals surface area contributed by atoms with E-state index in [9.17, 15) is 0 Å². The molecule has 0 bridgehead atoms. The second-order valence-corrected chi connectivity index (χ2v) is 13.7. The number of para-hydroxylation sites is 1. The van der Waals surface area contributed by atoms with E-state index in [1.54, 1.807) is 0 Å². The zero-order chi connectivity index (χ0) is 32.7. The van der Waals surface area contributed by atoms with E-state index in [0.29, 0.717) is 0 Å². The summed E-state index contributed by atoms with van der Waals surface area (Å²) in [6, 6.07) is 59.4. The van der Waals surface area contributed by atoms with Crippen molar-refractivity contribution in [3.8, 4) is 22.3 Å². The van der Waals surface area contributed by atoms with Gasteiger partial charge in [-0.05, 0) is 74.3 Å². The number of hydrogen-bond donors (Lipinski definition) is 0. The Labute approximate surface area is 285 Å². The Morgan fingerprint density at radius 1 is 0.490 bits per heavy atom.